The summed E-state index contributed by atoms with van der Waals surface area (Å²) in [6.07, 6.45) is 0. The van der Waals surface area contributed by atoms with E-state index in [2.05, 4.69) is 0 Å². The molecule has 0 fully saturated rings. The van der Waals surface area contributed by atoms with E-state index in [1.807, 2.05) is 19.1 Å². The lowest BCUT2D eigenvalue weighted by Gasteiger charge is -2.11. The Morgan fingerprint density at radius 3 is 2.53 bits per heavy atom. The van der Waals surface area contributed by atoms with Gasteiger partial charge in [0, 0.05) is 5.02 Å². The van der Waals surface area contributed by atoms with E-state index in [0.717, 1.165) is 5.56 Å². The first-order valence-corrected chi connectivity index (χ1v) is 5.81. The number of rotatable bonds is 2. The van der Waals surface area contributed by atoms with Crippen LogP contribution in [0.1, 0.15) is 5.56 Å². The molecule has 2 aromatic rings. The van der Waals surface area contributed by atoms with E-state index in [4.69, 9.17) is 33.7 Å². The maximum Gasteiger partial charge on any atom is 0.150 e. The maximum absolute atomic E-state index is 6.02. The molecule has 0 saturated heterocycles. The molecule has 2 N–H and O–H groups in total. The number of hydrogen-bond donors (Lipinski definition) is 1. The summed E-state index contributed by atoms with van der Waals surface area (Å²) in [6.45, 7) is 1.92. The van der Waals surface area contributed by atoms with Gasteiger partial charge in [0.15, 0.2) is 5.75 Å². The molecule has 88 valence electrons. The number of ether oxygens (including phenoxy) is 1. The maximum atomic E-state index is 6.02. The second-order valence-corrected chi connectivity index (χ2v) is 4.51. The van der Waals surface area contributed by atoms with Crippen LogP contribution in [0.3, 0.4) is 0 Å². The molecule has 17 heavy (non-hydrogen) atoms. The van der Waals surface area contributed by atoms with Gasteiger partial charge in [-0.3, -0.25) is 0 Å². The quantitative estimate of drug-likeness (QED) is 0.803. The molecule has 2 aromatic carbocycles. The lowest BCUT2D eigenvalue weighted by Crippen LogP contribution is -1.94. The topological polar surface area (TPSA) is 35.2 Å². The van der Waals surface area contributed by atoms with Crippen LogP contribution in [-0.4, -0.2) is 0 Å². The molecule has 2 nitrogen and oxygen atoms in total. The molecule has 0 heterocycles. The van der Waals surface area contributed by atoms with Gasteiger partial charge in [-0.2, -0.15) is 0 Å². The molecule has 0 radical (unpaired) electrons. The number of nitrogens with two attached hydrogens (primary N) is 1. The average molecular weight is 268 g/mol. The molecular weight excluding hydrogens is 257 g/mol. The molecule has 0 aromatic heterocycles. The van der Waals surface area contributed by atoms with E-state index in [1.165, 1.54) is 0 Å². The molecule has 0 bridgehead atoms. The predicted octanol–water partition coefficient (Wildman–Crippen LogP) is 4.68. The van der Waals surface area contributed by atoms with Crippen molar-refractivity contribution in [2.24, 2.45) is 0 Å². The molecule has 0 unspecified atom stereocenters. The van der Waals surface area contributed by atoms with Crippen LogP contribution in [0.5, 0.6) is 11.5 Å². The van der Waals surface area contributed by atoms with Crippen molar-refractivity contribution < 1.29 is 4.74 Å². The predicted molar refractivity (Wildman–Crippen MR) is 72.1 cm³/mol. The highest BCUT2D eigenvalue weighted by Gasteiger charge is 2.07. The Morgan fingerprint density at radius 2 is 1.82 bits per heavy atom. The SMILES string of the molecule is Cc1cccc(Oc2ccc(Cl)cc2Cl)c1N. The number of aryl methyl sites for hydroxylation is 1. The first-order valence-electron chi connectivity index (χ1n) is 5.06. The number of nitrogen functional groups attached to an aromatic ring is 1. The van der Waals surface area contributed by atoms with Gasteiger partial charge < -0.3 is 10.5 Å². The largest absolute Gasteiger partial charge is 0.454 e. The van der Waals surface area contributed by atoms with E-state index in [9.17, 15) is 0 Å². The fourth-order valence-corrected chi connectivity index (χ4v) is 1.87. The van der Waals surface area contributed by atoms with Crippen molar-refractivity contribution in [1.29, 1.82) is 0 Å². The molecule has 0 aliphatic heterocycles. The smallest absolute Gasteiger partial charge is 0.150 e. The van der Waals surface area contributed by atoms with E-state index < -0.39 is 0 Å². The highest BCUT2D eigenvalue weighted by molar-refractivity contribution is 6.35. The minimum atomic E-state index is 0.457. The zero-order valence-corrected chi connectivity index (χ0v) is 10.7. The van der Waals surface area contributed by atoms with Gasteiger partial charge in [0.2, 0.25) is 0 Å². The van der Waals surface area contributed by atoms with Crippen LogP contribution in [0, 0.1) is 6.92 Å². The van der Waals surface area contributed by atoms with Gasteiger partial charge in [-0.15, -0.1) is 0 Å². The second-order valence-electron chi connectivity index (χ2n) is 3.66. The fourth-order valence-electron chi connectivity index (χ4n) is 1.42. The van der Waals surface area contributed by atoms with Crippen LogP contribution >= 0.6 is 23.2 Å². The van der Waals surface area contributed by atoms with Gasteiger partial charge >= 0.3 is 0 Å². The Hall–Kier alpha value is -1.38. The van der Waals surface area contributed by atoms with Crippen molar-refractivity contribution in [3.63, 3.8) is 0 Å². The van der Waals surface area contributed by atoms with Crippen molar-refractivity contribution in [1.82, 2.24) is 0 Å². The van der Waals surface area contributed by atoms with Gasteiger partial charge in [0.05, 0.1) is 10.7 Å². The van der Waals surface area contributed by atoms with Crippen molar-refractivity contribution in [2.75, 3.05) is 5.73 Å². The van der Waals surface area contributed by atoms with Gasteiger partial charge in [-0.1, -0.05) is 35.3 Å². The summed E-state index contributed by atoms with van der Waals surface area (Å²) in [5.74, 6) is 1.13. The van der Waals surface area contributed by atoms with Crippen LogP contribution in [-0.2, 0) is 0 Å². The average Bonchev–Trinajstić information content (AvgIpc) is 2.28. The van der Waals surface area contributed by atoms with Crippen LogP contribution in [0.15, 0.2) is 36.4 Å². The van der Waals surface area contributed by atoms with Crippen LogP contribution in [0.25, 0.3) is 0 Å². The minimum Gasteiger partial charge on any atom is -0.454 e. The van der Waals surface area contributed by atoms with Crippen molar-refractivity contribution in [3.8, 4) is 11.5 Å². The summed E-state index contributed by atoms with van der Waals surface area (Å²) in [6, 6.07) is 10.7. The van der Waals surface area contributed by atoms with Crippen LogP contribution < -0.4 is 10.5 Å². The molecule has 0 spiro atoms. The van der Waals surface area contributed by atoms with Gasteiger partial charge in [0.1, 0.15) is 5.75 Å². The van der Waals surface area contributed by atoms with Crippen molar-refractivity contribution >= 4 is 28.9 Å². The summed E-state index contributed by atoms with van der Waals surface area (Å²) in [7, 11) is 0. The summed E-state index contributed by atoms with van der Waals surface area (Å²) >= 11 is 11.8. The summed E-state index contributed by atoms with van der Waals surface area (Å²) in [4.78, 5) is 0. The Balaban J connectivity index is 2.35. The third-order valence-corrected chi connectivity index (χ3v) is 2.93. The van der Waals surface area contributed by atoms with Crippen molar-refractivity contribution in [3.05, 3.63) is 52.0 Å². The minimum absolute atomic E-state index is 0.457. The molecule has 4 heteroatoms. The number of benzene rings is 2. The lowest BCUT2D eigenvalue weighted by atomic mass is 10.2. The third-order valence-electron chi connectivity index (χ3n) is 2.40. The van der Waals surface area contributed by atoms with E-state index in [-0.39, 0.29) is 0 Å². The molecule has 0 aliphatic rings. The molecule has 0 saturated carbocycles. The molecule has 0 aliphatic carbocycles. The summed E-state index contributed by atoms with van der Waals surface area (Å²) < 4.78 is 5.66. The molecule has 0 atom stereocenters. The Kier molecular flexibility index (Phi) is 3.46. The first-order chi connectivity index (χ1) is 8.08. The number of anilines is 1. The Morgan fingerprint density at radius 1 is 1.06 bits per heavy atom. The van der Waals surface area contributed by atoms with Crippen LogP contribution in [0.2, 0.25) is 10.0 Å². The fraction of sp³-hybridized carbons (Fsp3) is 0.0769. The number of halogens is 2. The van der Waals surface area contributed by atoms with E-state index in [1.54, 1.807) is 24.3 Å². The summed E-state index contributed by atoms with van der Waals surface area (Å²) in [5.41, 5.74) is 7.49. The number of hydrogen-bond acceptors (Lipinski definition) is 2. The molecule has 2 rings (SSSR count). The van der Waals surface area contributed by atoms with E-state index >= 15 is 0 Å². The Bertz CT molecular complexity index is 555. The highest BCUT2D eigenvalue weighted by Crippen LogP contribution is 2.34. The summed E-state index contributed by atoms with van der Waals surface area (Å²) in [5, 5.41) is 1.03. The van der Waals surface area contributed by atoms with Crippen LogP contribution in [0.4, 0.5) is 5.69 Å². The number of para-hydroxylation sites is 1. The van der Waals surface area contributed by atoms with Gasteiger partial charge in [-0.25, -0.2) is 0 Å². The normalized spacial score (nSPS) is 10.3. The zero-order valence-electron chi connectivity index (χ0n) is 9.21. The second kappa shape index (κ2) is 4.86. The Labute approximate surface area is 110 Å². The molecule has 0 amide bonds. The first kappa shape index (κ1) is 12.1. The molecular formula is C13H11Cl2NO. The standard InChI is InChI=1S/C13H11Cl2NO/c1-8-3-2-4-12(13(8)16)17-11-6-5-9(14)7-10(11)15/h2-7H,16H2,1H3. The third kappa shape index (κ3) is 2.65. The van der Waals surface area contributed by atoms with E-state index in [0.29, 0.717) is 27.2 Å². The lowest BCUT2D eigenvalue weighted by molar-refractivity contribution is 0.485. The zero-order chi connectivity index (χ0) is 12.4. The van der Waals surface area contributed by atoms with Gasteiger partial charge in [-0.05, 0) is 36.8 Å². The highest BCUT2D eigenvalue weighted by atomic mass is 35.5. The van der Waals surface area contributed by atoms with Crippen molar-refractivity contribution in [2.45, 2.75) is 6.92 Å². The monoisotopic (exact) mass is 267 g/mol. The van der Waals surface area contributed by atoms with Gasteiger partial charge in [0.25, 0.3) is 0 Å².